The van der Waals surface area contributed by atoms with Gasteiger partial charge in [-0.2, -0.15) is 0 Å². The molecule has 1 fully saturated rings. The fourth-order valence-electron chi connectivity index (χ4n) is 4.00. The van der Waals surface area contributed by atoms with Crippen molar-refractivity contribution in [1.29, 1.82) is 0 Å². The van der Waals surface area contributed by atoms with Crippen molar-refractivity contribution < 1.29 is 14.3 Å². The van der Waals surface area contributed by atoms with Gasteiger partial charge in [0.15, 0.2) is 11.5 Å². The van der Waals surface area contributed by atoms with Gasteiger partial charge in [-0.25, -0.2) is 0 Å². The second-order valence-corrected chi connectivity index (χ2v) is 8.57. The van der Waals surface area contributed by atoms with Crippen LogP contribution < -0.4 is 15.4 Å². The Labute approximate surface area is 193 Å². The molecule has 7 heteroatoms. The summed E-state index contributed by atoms with van der Waals surface area (Å²) in [7, 11) is 0. The summed E-state index contributed by atoms with van der Waals surface area (Å²) in [5.41, 5.74) is 1.66. The van der Waals surface area contributed by atoms with Gasteiger partial charge in [-0.15, -0.1) is 0 Å². The van der Waals surface area contributed by atoms with Gasteiger partial charge < -0.3 is 20.3 Å². The molecular formula is C25H28ClN3O3. The van der Waals surface area contributed by atoms with Gasteiger partial charge in [0.1, 0.15) is 0 Å². The lowest BCUT2D eigenvalue weighted by atomic mass is 10.1. The van der Waals surface area contributed by atoms with E-state index in [9.17, 15) is 9.59 Å². The maximum Gasteiger partial charge on any atom is 0.291 e. The predicted octanol–water partition coefficient (Wildman–Crippen LogP) is 4.71. The highest BCUT2D eigenvalue weighted by atomic mass is 35.5. The number of amides is 2. The Hall–Kier alpha value is -2.83. The van der Waals surface area contributed by atoms with Crippen LogP contribution in [0.4, 0.5) is 5.69 Å². The first kappa shape index (κ1) is 22.4. The minimum Gasteiger partial charge on any atom is -0.449 e. The first-order chi connectivity index (χ1) is 15.6. The second-order valence-electron chi connectivity index (χ2n) is 8.16. The van der Waals surface area contributed by atoms with Crippen molar-refractivity contribution >= 4 is 35.2 Å². The Morgan fingerprint density at radius 2 is 1.91 bits per heavy atom. The molecule has 0 aromatic heterocycles. The minimum absolute atomic E-state index is 0.149. The van der Waals surface area contributed by atoms with Crippen molar-refractivity contribution in [1.82, 2.24) is 10.2 Å². The van der Waals surface area contributed by atoms with Crippen LogP contribution >= 0.6 is 11.6 Å². The number of benzene rings is 2. The van der Waals surface area contributed by atoms with Crippen LogP contribution in [0, 0.1) is 0 Å². The summed E-state index contributed by atoms with van der Waals surface area (Å²) < 4.78 is 5.77. The fourth-order valence-corrected chi connectivity index (χ4v) is 4.19. The second kappa shape index (κ2) is 10.7. The lowest BCUT2D eigenvalue weighted by molar-refractivity contribution is -0.115. The SMILES string of the molecule is O=C1Nc2cc(C(=O)NCCCN3CCCCCC3)ccc2O/C1=C\c1ccccc1Cl. The van der Waals surface area contributed by atoms with Gasteiger partial charge in [-0.1, -0.05) is 42.6 Å². The van der Waals surface area contributed by atoms with Crippen LogP contribution in [0.2, 0.25) is 5.02 Å². The van der Waals surface area contributed by atoms with Crippen LogP contribution in [0.25, 0.3) is 6.08 Å². The van der Waals surface area contributed by atoms with Crippen LogP contribution in [-0.4, -0.2) is 42.9 Å². The molecule has 2 aromatic carbocycles. The molecule has 2 heterocycles. The highest BCUT2D eigenvalue weighted by molar-refractivity contribution is 6.32. The van der Waals surface area contributed by atoms with Crippen molar-refractivity contribution in [2.24, 2.45) is 0 Å². The number of hydrogen-bond donors (Lipinski definition) is 2. The summed E-state index contributed by atoms with van der Waals surface area (Å²) in [5.74, 6) is 0.0969. The average Bonchev–Trinajstić information content (AvgIpc) is 3.07. The molecule has 2 amide bonds. The molecule has 0 bridgehead atoms. The number of nitrogens with zero attached hydrogens (tertiary/aromatic N) is 1. The van der Waals surface area contributed by atoms with Crippen LogP contribution in [0.15, 0.2) is 48.2 Å². The van der Waals surface area contributed by atoms with Crippen LogP contribution in [0.5, 0.6) is 5.75 Å². The minimum atomic E-state index is -0.382. The third-order valence-electron chi connectivity index (χ3n) is 5.76. The number of nitrogens with one attached hydrogen (secondary N) is 2. The third kappa shape index (κ3) is 5.69. The van der Waals surface area contributed by atoms with E-state index in [2.05, 4.69) is 15.5 Å². The Bertz CT molecular complexity index is 1010. The van der Waals surface area contributed by atoms with E-state index in [4.69, 9.17) is 16.3 Å². The monoisotopic (exact) mass is 453 g/mol. The molecule has 1 saturated heterocycles. The Morgan fingerprint density at radius 1 is 1.12 bits per heavy atom. The normalized spacial score (nSPS) is 17.8. The van der Waals surface area contributed by atoms with Crippen molar-refractivity contribution in [3.8, 4) is 5.75 Å². The highest BCUT2D eigenvalue weighted by Crippen LogP contribution is 2.33. The molecule has 32 heavy (non-hydrogen) atoms. The fraction of sp³-hybridized carbons (Fsp3) is 0.360. The van der Waals surface area contributed by atoms with E-state index >= 15 is 0 Å². The smallest absolute Gasteiger partial charge is 0.291 e. The van der Waals surface area contributed by atoms with E-state index in [0.29, 0.717) is 34.1 Å². The molecule has 2 aromatic rings. The zero-order chi connectivity index (χ0) is 22.3. The summed E-state index contributed by atoms with van der Waals surface area (Å²) in [6.07, 6.45) is 7.71. The van der Waals surface area contributed by atoms with Crippen LogP contribution in [0.3, 0.4) is 0 Å². The summed E-state index contributed by atoms with van der Waals surface area (Å²) in [6.45, 7) is 3.95. The number of hydrogen-bond acceptors (Lipinski definition) is 4. The van der Waals surface area contributed by atoms with Gasteiger partial charge in [0.05, 0.1) is 5.69 Å². The Balaban J connectivity index is 1.34. The first-order valence-electron chi connectivity index (χ1n) is 11.2. The van der Waals surface area contributed by atoms with E-state index in [-0.39, 0.29) is 17.6 Å². The largest absolute Gasteiger partial charge is 0.449 e. The van der Waals surface area contributed by atoms with Crippen LogP contribution in [-0.2, 0) is 4.79 Å². The average molecular weight is 454 g/mol. The van der Waals surface area contributed by atoms with Gasteiger partial charge in [-0.3, -0.25) is 9.59 Å². The standard InChI is InChI=1S/C25H28ClN3O3/c26-20-9-4-3-8-18(20)17-23-25(31)28-21-16-19(10-11-22(21)32-23)24(30)27-12-7-15-29-13-5-1-2-6-14-29/h3-4,8-11,16-17H,1-2,5-7,12-15H2,(H,27,30)(H,28,31)/b23-17-. The topological polar surface area (TPSA) is 70.7 Å². The number of likely N-dealkylation sites (tertiary alicyclic amines) is 1. The number of anilines is 1. The predicted molar refractivity (Wildman–Crippen MR) is 127 cm³/mol. The van der Waals surface area contributed by atoms with Crippen molar-refractivity contribution in [2.45, 2.75) is 32.1 Å². The summed E-state index contributed by atoms with van der Waals surface area (Å²) in [4.78, 5) is 27.5. The molecule has 2 aliphatic heterocycles. The number of carbonyl (C=O) groups excluding carboxylic acids is 2. The molecule has 2 aliphatic rings. The Morgan fingerprint density at radius 3 is 2.69 bits per heavy atom. The van der Waals surface area contributed by atoms with Crippen molar-refractivity contribution in [3.05, 3.63) is 64.4 Å². The van der Waals surface area contributed by atoms with Crippen molar-refractivity contribution in [3.63, 3.8) is 0 Å². The van der Waals surface area contributed by atoms with Crippen molar-refractivity contribution in [2.75, 3.05) is 31.5 Å². The first-order valence-corrected chi connectivity index (χ1v) is 11.6. The third-order valence-corrected chi connectivity index (χ3v) is 6.11. The number of rotatable bonds is 6. The zero-order valence-corrected chi connectivity index (χ0v) is 18.8. The lowest BCUT2D eigenvalue weighted by Gasteiger charge is -2.21. The molecule has 0 radical (unpaired) electrons. The molecule has 4 rings (SSSR count). The van der Waals surface area contributed by atoms with E-state index in [1.54, 1.807) is 30.3 Å². The molecule has 0 unspecified atom stereocenters. The van der Waals surface area contributed by atoms with Gasteiger partial charge in [0.2, 0.25) is 0 Å². The molecular weight excluding hydrogens is 426 g/mol. The summed E-state index contributed by atoms with van der Waals surface area (Å²) in [6, 6.07) is 12.3. The maximum atomic E-state index is 12.6. The summed E-state index contributed by atoms with van der Waals surface area (Å²) in [5, 5.41) is 6.31. The highest BCUT2D eigenvalue weighted by Gasteiger charge is 2.23. The number of ether oxygens (including phenoxy) is 1. The molecule has 0 spiro atoms. The van der Waals surface area contributed by atoms with E-state index in [1.807, 2.05) is 18.2 Å². The summed E-state index contributed by atoms with van der Waals surface area (Å²) >= 11 is 6.17. The lowest BCUT2D eigenvalue weighted by Crippen LogP contribution is -2.30. The Kier molecular flexibility index (Phi) is 7.45. The number of carbonyl (C=O) groups is 2. The molecule has 0 atom stereocenters. The number of halogens is 1. The van der Waals surface area contributed by atoms with Gasteiger partial charge in [0, 0.05) is 17.1 Å². The maximum absolute atomic E-state index is 12.6. The van der Waals surface area contributed by atoms with Crippen LogP contribution in [0.1, 0.15) is 48.0 Å². The van der Waals surface area contributed by atoms with Gasteiger partial charge >= 0.3 is 0 Å². The molecule has 6 nitrogen and oxygen atoms in total. The zero-order valence-electron chi connectivity index (χ0n) is 18.0. The van der Waals surface area contributed by atoms with Gasteiger partial charge in [0.25, 0.3) is 11.8 Å². The molecule has 0 saturated carbocycles. The van der Waals surface area contributed by atoms with E-state index in [0.717, 1.165) is 26.1 Å². The van der Waals surface area contributed by atoms with E-state index in [1.165, 1.54) is 25.7 Å². The molecule has 2 N–H and O–H groups in total. The number of fused-ring (bicyclic) bond motifs is 1. The molecule has 168 valence electrons. The quantitative estimate of drug-likeness (QED) is 0.491. The molecule has 0 aliphatic carbocycles. The van der Waals surface area contributed by atoms with E-state index < -0.39 is 0 Å². The van der Waals surface area contributed by atoms with Gasteiger partial charge in [-0.05, 0) is 74.8 Å².